The molecule has 0 fully saturated rings. The van der Waals surface area contributed by atoms with Gasteiger partial charge in [0.1, 0.15) is 0 Å². The van der Waals surface area contributed by atoms with Crippen molar-refractivity contribution in [1.82, 2.24) is 0 Å². The number of benzene rings is 1. The number of hydrogen-bond acceptors (Lipinski definition) is 1. The molecule has 0 heterocycles. The molecule has 0 saturated carbocycles. The highest BCUT2D eigenvalue weighted by molar-refractivity contribution is 5.79. The third-order valence-electron chi connectivity index (χ3n) is 2.29. The minimum Gasteiger partial charge on any atom is -0.308 e. The van der Waals surface area contributed by atoms with Gasteiger partial charge in [0, 0.05) is 6.21 Å². The Morgan fingerprint density at radius 2 is 1.85 bits per heavy atom. The van der Waals surface area contributed by atoms with Crippen molar-refractivity contribution in [1.29, 1.82) is 5.41 Å². The Morgan fingerprint density at radius 3 is 2.23 bits per heavy atom. The van der Waals surface area contributed by atoms with E-state index in [9.17, 15) is 0 Å². The van der Waals surface area contributed by atoms with Crippen LogP contribution in [0.4, 0.5) is 0 Å². The van der Waals surface area contributed by atoms with Crippen LogP contribution in [0.1, 0.15) is 37.5 Å². The second-order valence-electron chi connectivity index (χ2n) is 4.47. The van der Waals surface area contributed by atoms with Crippen LogP contribution >= 0.6 is 0 Å². The molecule has 0 unspecified atom stereocenters. The lowest BCUT2D eigenvalue weighted by molar-refractivity contribution is 0.589. The van der Waals surface area contributed by atoms with Crippen molar-refractivity contribution in [2.75, 3.05) is 0 Å². The smallest absolute Gasteiger partial charge is 0.0252 e. The standard InChI is InChI=1S/C12H17N/c1-9-7-11(12(2,3)4)6-5-10(9)8-13/h5-8,13H,1-4H3. The average Bonchev–Trinajstić information content (AvgIpc) is 2.02. The Bertz CT molecular complexity index is 318. The van der Waals surface area contributed by atoms with E-state index >= 15 is 0 Å². The predicted octanol–water partition coefficient (Wildman–Crippen LogP) is 3.29. The van der Waals surface area contributed by atoms with Gasteiger partial charge < -0.3 is 5.41 Å². The van der Waals surface area contributed by atoms with E-state index in [-0.39, 0.29) is 5.41 Å². The number of aryl methyl sites for hydroxylation is 1. The van der Waals surface area contributed by atoms with E-state index in [2.05, 4.69) is 39.8 Å². The number of hydrogen-bond donors (Lipinski definition) is 1. The SMILES string of the molecule is Cc1cc(C(C)(C)C)ccc1C=N. The monoisotopic (exact) mass is 175 g/mol. The summed E-state index contributed by atoms with van der Waals surface area (Å²) in [5.74, 6) is 0. The second kappa shape index (κ2) is 3.33. The van der Waals surface area contributed by atoms with Gasteiger partial charge >= 0.3 is 0 Å². The number of rotatable bonds is 1. The summed E-state index contributed by atoms with van der Waals surface area (Å²) in [6, 6.07) is 6.29. The Balaban J connectivity index is 3.17. The first-order valence-electron chi connectivity index (χ1n) is 4.57. The normalized spacial score (nSPS) is 11.4. The molecule has 0 saturated heterocycles. The molecule has 0 amide bonds. The zero-order valence-corrected chi connectivity index (χ0v) is 8.81. The second-order valence-corrected chi connectivity index (χ2v) is 4.47. The van der Waals surface area contributed by atoms with Gasteiger partial charge in [-0.05, 0) is 29.0 Å². The summed E-state index contributed by atoms with van der Waals surface area (Å²) in [5, 5.41) is 7.19. The quantitative estimate of drug-likeness (QED) is 0.633. The molecule has 13 heavy (non-hydrogen) atoms. The summed E-state index contributed by atoms with van der Waals surface area (Å²) in [5.41, 5.74) is 3.72. The fourth-order valence-corrected chi connectivity index (χ4v) is 1.30. The van der Waals surface area contributed by atoms with Crippen LogP contribution in [0.3, 0.4) is 0 Å². The Kier molecular flexibility index (Phi) is 2.55. The number of nitrogens with one attached hydrogen (secondary N) is 1. The fraction of sp³-hybridized carbons (Fsp3) is 0.417. The molecule has 0 aliphatic rings. The van der Waals surface area contributed by atoms with E-state index in [4.69, 9.17) is 5.41 Å². The molecule has 1 nitrogen and oxygen atoms in total. The summed E-state index contributed by atoms with van der Waals surface area (Å²) < 4.78 is 0. The minimum atomic E-state index is 0.200. The van der Waals surface area contributed by atoms with Gasteiger partial charge in [-0.1, -0.05) is 39.0 Å². The summed E-state index contributed by atoms with van der Waals surface area (Å²) in [6.45, 7) is 8.65. The molecule has 0 radical (unpaired) electrons. The van der Waals surface area contributed by atoms with Gasteiger partial charge in [-0.3, -0.25) is 0 Å². The molecular weight excluding hydrogens is 158 g/mol. The van der Waals surface area contributed by atoms with E-state index < -0.39 is 0 Å². The van der Waals surface area contributed by atoms with Crippen LogP contribution in [0.2, 0.25) is 0 Å². The van der Waals surface area contributed by atoms with Crippen LogP contribution in [-0.4, -0.2) is 6.21 Å². The average molecular weight is 175 g/mol. The van der Waals surface area contributed by atoms with E-state index in [0.29, 0.717) is 0 Å². The van der Waals surface area contributed by atoms with Crippen molar-refractivity contribution in [3.63, 3.8) is 0 Å². The van der Waals surface area contributed by atoms with Gasteiger partial charge in [-0.2, -0.15) is 0 Å². The van der Waals surface area contributed by atoms with E-state index in [1.807, 2.05) is 6.07 Å². The van der Waals surface area contributed by atoms with Crippen LogP contribution in [0.5, 0.6) is 0 Å². The van der Waals surface area contributed by atoms with Gasteiger partial charge in [0.05, 0.1) is 0 Å². The van der Waals surface area contributed by atoms with Gasteiger partial charge in [0.2, 0.25) is 0 Å². The molecule has 1 rings (SSSR count). The fourth-order valence-electron chi connectivity index (χ4n) is 1.30. The van der Waals surface area contributed by atoms with Crippen LogP contribution in [0.25, 0.3) is 0 Å². The Morgan fingerprint density at radius 1 is 1.23 bits per heavy atom. The molecule has 1 heteroatoms. The lowest BCUT2D eigenvalue weighted by Gasteiger charge is -2.19. The largest absolute Gasteiger partial charge is 0.308 e. The van der Waals surface area contributed by atoms with Crippen LogP contribution < -0.4 is 0 Å². The van der Waals surface area contributed by atoms with E-state index in [1.165, 1.54) is 17.3 Å². The van der Waals surface area contributed by atoms with E-state index in [1.54, 1.807) is 0 Å². The van der Waals surface area contributed by atoms with Gasteiger partial charge in [0.25, 0.3) is 0 Å². The Hall–Kier alpha value is -1.11. The predicted molar refractivity (Wildman–Crippen MR) is 57.8 cm³/mol. The topological polar surface area (TPSA) is 23.9 Å². The van der Waals surface area contributed by atoms with Crippen molar-refractivity contribution in [2.24, 2.45) is 0 Å². The van der Waals surface area contributed by atoms with Crippen LogP contribution in [0.15, 0.2) is 18.2 Å². The van der Waals surface area contributed by atoms with Crippen molar-refractivity contribution >= 4 is 6.21 Å². The van der Waals surface area contributed by atoms with Crippen molar-refractivity contribution in [3.8, 4) is 0 Å². The van der Waals surface area contributed by atoms with Crippen molar-refractivity contribution in [3.05, 3.63) is 34.9 Å². The molecule has 0 atom stereocenters. The highest BCUT2D eigenvalue weighted by Crippen LogP contribution is 2.23. The summed E-state index contributed by atoms with van der Waals surface area (Å²) >= 11 is 0. The maximum absolute atomic E-state index is 7.19. The maximum atomic E-state index is 7.19. The molecule has 1 aromatic carbocycles. The van der Waals surface area contributed by atoms with Crippen molar-refractivity contribution in [2.45, 2.75) is 33.1 Å². The van der Waals surface area contributed by atoms with Crippen LogP contribution in [0, 0.1) is 12.3 Å². The molecular formula is C12H17N. The Labute approximate surface area is 80.3 Å². The molecule has 0 spiro atoms. The third kappa shape index (κ3) is 2.18. The molecule has 1 aromatic rings. The lowest BCUT2D eigenvalue weighted by Crippen LogP contribution is -2.11. The first kappa shape index (κ1) is 9.97. The summed E-state index contributed by atoms with van der Waals surface area (Å²) in [7, 11) is 0. The molecule has 70 valence electrons. The van der Waals surface area contributed by atoms with Crippen molar-refractivity contribution < 1.29 is 0 Å². The van der Waals surface area contributed by atoms with E-state index in [0.717, 1.165) is 5.56 Å². The highest BCUT2D eigenvalue weighted by atomic mass is 14.3. The molecule has 0 aliphatic carbocycles. The summed E-state index contributed by atoms with van der Waals surface area (Å²) in [6.07, 6.45) is 1.40. The zero-order chi connectivity index (χ0) is 10.1. The minimum absolute atomic E-state index is 0.200. The molecule has 1 N–H and O–H groups in total. The molecule has 0 aliphatic heterocycles. The molecule has 0 bridgehead atoms. The van der Waals surface area contributed by atoms with Gasteiger partial charge in [-0.25, -0.2) is 0 Å². The third-order valence-corrected chi connectivity index (χ3v) is 2.29. The van der Waals surface area contributed by atoms with Gasteiger partial charge in [-0.15, -0.1) is 0 Å². The van der Waals surface area contributed by atoms with Crippen LogP contribution in [-0.2, 0) is 5.41 Å². The maximum Gasteiger partial charge on any atom is 0.0252 e. The first-order valence-corrected chi connectivity index (χ1v) is 4.57. The first-order chi connectivity index (χ1) is 5.95. The zero-order valence-electron chi connectivity index (χ0n) is 8.81. The molecule has 0 aromatic heterocycles. The highest BCUT2D eigenvalue weighted by Gasteiger charge is 2.13. The summed E-state index contributed by atoms with van der Waals surface area (Å²) in [4.78, 5) is 0. The lowest BCUT2D eigenvalue weighted by atomic mass is 9.85. The van der Waals surface area contributed by atoms with Gasteiger partial charge in [0.15, 0.2) is 0 Å².